The van der Waals surface area contributed by atoms with E-state index in [4.69, 9.17) is 5.26 Å². The molecule has 2 aromatic rings. The zero-order valence-corrected chi connectivity index (χ0v) is 10.9. The summed E-state index contributed by atoms with van der Waals surface area (Å²) in [5, 5.41) is 8.66. The summed E-state index contributed by atoms with van der Waals surface area (Å²) in [7, 11) is 1.66. The highest BCUT2D eigenvalue weighted by molar-refractivity contribution is 5.93. The molecule has 0 radical (unpaired) electrons. The summed E-state index contributed by atoms with van der Waals surface area (Å²) in [5.41, 5.74) is 1.51. The number of nitrogens with zero attached hydrogens (tertiary/aromatic N) is 3. The van der Waals surface area contributed by atoms with Crippen LogP contribution in [0.15, 0.2) is 42.6 Å². The summed E-state index contributed by atoms with van der Waals surface area (Å²) in [5.74, 6) is -0.509. The zero-order valence-electron chi connectivity index (χ0n) is 10.9. The molecule has 0 unspecified atom stereocenters. The highest BCUT2D eigenvalue weighted by atomic mass is 19.1. The predicted molar refractivity (Wildman–Crippen MR) is 71.1 cm³/mol. The molecular formula is C15H12FN3O. The lowest BCUT2D eigenvalue weighted by molar-refractivity contribution is 0.0784. The van der Waals surface area contributed by atoms with E-state index in [-0.39, 0.29) is 17.4 Å². The number of aromatic nitrogens is 1. The molecular weight excluding hydrogens is 257 g/mol. The van der Waals surface area contributed by atoms with Crippen LogP contribution < -0.4 is 0 Å². The predicted octanol–water partition coefficient (Wildman–Crippen LogP) is 2.36. The largest absolute Gasteiger partial charge is 0.337 e. The van der Waals surface area contributed by atoms with Gasteiger partial charge >= 0.3 is 0 Å². The van der Waals surface area contributed by atoms with Crippen LogP contribution in [-0.4, -0.2) is 22.8 Å². The van der Waals surface area contributed by atoms with Crippen molar-refractivity contribution in [2.75, 3.05) is 7.05 Å². The summed E-state index contributed by atoms with van der Waals surface area (Å²) in [4.78, 5) is 17.5. The van der Waals surface area contributed by atoms with Crippen molar-refractivity contribution in [1.29, 1.82) is 5.26 Å². The molecule has 0 spiro atoms. The lowest BCUT2D eigenvalue weighted by Crippen LogP contribution is -2.26. The molecule has 0 atom stereocenters. The van der Waals surface area contributed by atoms with Crippen molar-refractivity contribution < 1.29 is 9.18 Å². The van der Waals surface area contributed by atoms with Crippen molar-refractivity contribution in [3.05, 3.63) is 65.2 Å². The molecule has 0 saturated carbocycles. The van der Waals surface area contributed by atoms with Gasteiger partial charge in [0.25, 0.3) is 5.91 Å². The number of hydrogen-bond donors (Lipinski definition) is 0. The van der Waals surface area contributed by atoms with Gasteiger partial charge in [0, 0.05) is 19.8 Å². The third kappa shape index (κ3) is 3.18. The Labute approximate surface area is 116 Å². The van der Waals surface area contributed by atoms with Crippen LogP contribution in [0.3, 0.4) is 0 Å². The summed E-state index contributed by atoms with van der Waals surface area (Å²) in [6.07, 6.45) is 1.38. The summed E-state index contributed by atoms with van der Waals surface area (Å²) in [6.45, 7) is 0.374. The van der Waals surface area contributed by atoms with Gasteiger partial charge in [-0.2, -0.15) is 5.26 Å². The Morgan fingerprint density at radius 1 is 1.30 bits per heavy atom. The maximum Gasteiger partial charge on any atom is 0.255 e. The second-order valence-corrected chi connectivity index (χ2v) is 4.33. The normalized spacial score (nSPS) is 9.85. The average Bonchev–Trinajstić information content (AvgIpc) is 2.49. The Kier molecular flexibility index (Phi) is 4.06. The number of nitriles is 1. The second-order valence-electron chi connectivity index (χ2n) is 4.33. The van der Waals surface area contributed by atoms with Gasteiger partial charge in [0.15, 0.2) is 0 Å². The molecule has 0 N–H and O–H groups in total. The average molecular weight is 269 g/mol. The first kappa shape index (κ1) is 13.7. The van der Waals surface area contributed by atoms with Gasteiger partial charge in [-0.05, 0) is 29.8 Å². The fourth-order valence-corrected chi connectivity index (χ4v) is 1.74. The minimum absolute atomic E-state index is 0.202. The lowest BCUT2D eigenvalue weighted by atomic mass is 10.2. The number of rotatable bonds is 3. The van der Waals surface area contributed by atoms with Crippen LogP contribution >= 0.6 is 0 Å². The molecule has 5 heteroatoms. The van der Waals surface area contributed by atoms with E-state index in [0.717, 1.165) is 5.56 Å². The lowest BCUT2D eigenvalue weighted by Gasteiger charge is -2.17. The number of carbonyl (C=O) groups excluding carboxylic acids is 1. The van der Waals surface area contributed by atoms with Crippen LogP contribution in [-0.2, 0) is 6.54 Å². The van der Waals surface area contributed by atoms with Crippen molar-refractivity contribution in [3.8, 4) is 6.07 Å². The van der Waals surface area contributed by atoms with Crippen LogP contribution in [0.5, 0.6) is 0 Å². The Morgan fingerprint density at radius 2 is 2.00 bits per heavy atom. The quantitative estimate of drug-likeness (QED) is 0.859. The third-order valence-corrected chi connectivity index (χ3v) is 2.80. The Morgan fingerprint density at radius 3 is 2.55 bits per heavy atom. The van der Waals surface area contributed by atoms with Gasteiger partial charge in [0.1, 0.15) is 17.6 Å². The van der Waals surface area contributed by atoms with E-state index in [9.17, 15) is 9.18 Å². The standard InChI is InChI=1S/C15H12FN3O/c1-19(10-11-2-5-13(16)6-3-11)15(20)12-4-7-14(8-17)18-9-12/h2-7,9H,10H2,1H3. The zero-order chi connectivity index (χ0) is 14.5. The molecule has 0 aliphatic heterocycles. The van der Waals surface area contributed by atoms with Crippen LogP contribution in [0.25, 0.3) is 0 Å². The van der Waals surface area contributed by atoms with Crippen LogP contribution in [0.2, 0.25) is 0 Å². The molecule has 1 aromatic carbocycles. The van der Waals surface area contributed by atoms with E-state index < -0.39 is 0 Å². The number of hydrogen-bond acceptors (Lipinski definition) is 3. The van der Waals surface area contributed by atoms with Crippen molar-refractivity contribution in [1.82, 2.24) is 9.88 Å². The van der Waals surface area contributed by atoms with E-state index in [1.165, 1.54) is 29.3 Å². The minimum Gasteiger partial charge on any atom is -0.337 e. The van der Waals surface area contributed by atoms with Gasteiger partial charge in [-0.3, -0.25) is 4.79 Å². The summed E-state index contributed by atoms with van der Waals surface area (Å²) in [6, 6.07) is 10.9. The number of amides is 1. The monoisotopic (exact) mass is 269 g/mol. The van der Waals surface area contributed by atoms with E-state index in [1.807, 2.05) is 6.07 Å². The highest BCUT2D eigenvalue weighted by Crippen LogP contribution is 2.09. The minimum atomic E-state index is -0.306. The number of carbonyl (C=O) groups is 1. The molecule has 2 rings (SSSR count). The molecule has 20 heavy (non-hydrogen) atoms. The van der Waals surface area contributed by atoms with Crippen molar-refractivity contribution in [2.24, 2.45) is 0 Å². The van der Waals surface area contributed by atoms with Crippen molar-refractivity contribution in [2.45, 2.75) is 6.54 Å². The van der Waals surface area contributed by atoms with Gasteiger partial charge < -0.3 is 4.90 Å². The van der Waals surface area contributed by atoms with Gasteiger partial charge in [0.2, 0.25) is 0 Å². The first-order valence-electron chi connectivity index (χ1n) is 5.96. The smallest absolute Gasteiger partial charge is 0.255 e. The van der Waals surface area contributed by atoms with Crippen molar-refractivity contribution >= 4 is 5.91 Å². The molecule has 4 nitrogen and oxygen atoms in total. The summed E-state index contributed by atoms with van der Waals surface area (Å²) < 4.78 is 12.8. The van der Waals surface area contributed by atoms with E-state index in [2.05, 4.69) is 4.98 Å². The molecule has 1 amide bonds. The Hall–Kier alpha value is -2.74. The molecule has 0 saturated heterocycles. The molecule has 0 aliphatic carbocycles. The van der Waals surface area contributed by atoms with Gasteiger partial charge in [-0.1, -0.05) is 12.1 Å². The number of pyridine rings is 1. The van der Waals surface area contributed by atoms with Crippen LogP contribution in [0, 0.1) is 17.1 Å². The fraction of sp³-hybridized carbons (Fsp3) is 0.133. The second kappa shape index (κ2) is 5.93. The summed E-state index contributed by atoms with van der Waals surface area (Å²) >= 11 is 0. The number of benzene rings is 1. The van der Waals surface area contributed by atoms with E-state index >= 15 is 0 Å². The van der Waals surface area contributed by atoms with Gasteiger partial charge in [-0.15, -0.1) is 0 Å². The fourth-order valence-electron chi connectivity index (χ4n) is 1.74. The SMILES string of the molecule is CN(Cc1ccc(F)cc1)C(=O)c1ccc(C#N)nc1. The van der Waals surface area contributed by atoms with Crippen LogP contribution in [0.4, 0.5) is 4.39 Å². The first-order valence-corrected chi connectivity index (χ1v) is 5.96. The van der Waals surface area contributed by atoms with E-state index in [1.54, 1.807) is 25.2 Å². The highest BCUT2D eigenvalue weighted by Gasteiger charge is 2.12. The van der Waals surface area contributed by atoms with Crippen molar-refractivity contribution in [3.63, 3.8) is 0 Å². The number of halogens is 1. The maximum atomic E-state index is 12.8. The molecule has 1 aromatic heterocycles. The Bertz CT molecular complexity index is 644. The molecule has 0 aliphatic rings. The topological polar surface area (TPSA) is 57.0 Å². The Balaban J connectivity index is 2.08. The van der Waals surface area contributed by atoms with Gasteiger partial charge in [0.05, 0.1) is 5.56 Å². The maximum absolute atomic E-state index is 12.8. The van der Waals surface area contributed by atoms with Crippen LogP contribution in [0.1, 0.15) is 21.6 Å². The first-order chi connectivity index (χ1) is 9.60. The van der Waals surface area contributed by atoms with Gasteiger partial charge in [-0.25, -0.2) is 9.37 Å². The molecule has 1 heterocycles. The third-order valence-electron chi connectivity index (χ3n) is 2.80. The molecule has 100 valence electrons. The molecule has 0 fully saturated rings. The van der Waals surface area contributed by atoms with E-state index in [0.29, 0.717) is 12.1 Å². The molecule has 0 bridgehead atoms.